The number of furan rings is 1. The maximum atomic E-state index is 11.1. The van der Waals surface area contributed by atoms with Crippen molar-refractivity contribution in [1.82, 2.24) is 0 Å². The molecule has 5 heteroatoms. The maximum Gasteiger partial charge on any atom is 0.292 e. The zero-order valence-electron chi connectivity index (χ0n) is 11.6. The largest absolute Gasteiger partial charge is 0.469 e. The molecule has 0 aliphatic rings. The van der Waals surface area contributed by atoms with Gasteiger partial charge in [-0.25, -0.2) is 0 Å². The molecule has 0 aliphatic carbocycles. The van der Waals surface area contributed by atoms with Gasteiger partial charge in [-0.1, -0.05) is 12.1 Å². The maximum absolute atomic E-state index is 11.1. The highest BCUT2D eigenvalue weighted by Crippen LogP contribution is 2.28. The number of nitro groups is 1. The van der Waals surface area contributed by atoms with Crippen LogP contribution in [-0.2, 0) is 6.42 Å². The third kappa shape index (κ3) is 3.38. The van der Waals surface area contributed by atoms with E-state index >= 15 is 0 Å². The molecule has 1 aromatic carbocycles. The molecule has 0 saturated heterocycles. The molecule has 1 atom stereocenters. The molecule has 0 radical (unpaired) electrons. The number of nitrogens with zero attached hydrogens (tertiary/aromatic N) is 1. The van der Waals surface area contributed by atoms with Crippen LogP contribution in [-0.4, -0.2) is 11.0 Å². The molecule has 106 valence electrons. The van der Waals surface area contributed by atoms with E-state index in [0.29, 0.717) is 5.69 Å². The molecule has 0 fully saturated rings. The second-order valence-corrected chi connectivity index (χ2v) is 4.89. The third-order valence-electron chi connectivity index (χ3n) is 3.24. The third-order valence-corrected chi connectivity index (χ3v) is 3.24. The van der Waals surface area contributed by atoms with Crippen LogP contribution in [0, 0.1) is 17.0 Å². The van der Waals surface area contributed by atoms with E-state index < -0.39 is 0 Å². The lowest BCUT2D eigenvalue weighted by atomic mass is 10.1. The monoisotopic (exact) mass is 274 g/mol. The summed E-state index contributed by atoms with van der Waals surface area (Å²) in [5.41, 5.74) is 1.60. The fourth-order valence-electron chi connectivity index (χ4n) is 2.12. The topological polar surface area (TPSA) is 68.3 Å². The van der Waals surface area contributed by atoms with Gasteiger partial charge in [0, 0.05) is 18.5 Å². The van der Waals surface area contributed by atoms with Crippen molar-refractivity contribution in [3.63, 3.8) is 0 Å². The Labute approximate surface area is 117 Å². The number of hydrogen-bond donors (Lipinski definition) is 1. The van der Waals surface area contributed by atoms with Crippen molar-refractivity contribution in [2.45, 2.75) is 32.7 Å². The van der Waals surface area contributed by atoms with Crippen molar-refractivity contribution >= 4 is 11.4 Å². The standard InChI is InChI=1S/C15H18N2O3/c1-11-5-3-7-14(17(18)19)15(11)16-12(2)8-9-13-6-4-10-20-13/h3-7,10,12,16H,8-9H2,1-2H3. The van der Waals surface area contributed by atoms with Gasteiger partial charge in [-0.05, 0) is 38.0 Å². The van der Waals surface area contributed by atoms with Gasteiger partial charge in [0.25, 0.3) is 5.69 Å². The van der Waals surface area contributed by atoms with E-state index in [0.717, 1.165) is 24.2 Å². The first-order valence-corrected chi connectivity index (χ1v) is 6.61. The number of benzene rings is 1. The number of nitro benzene ring substituents is 1. The van der Waals surface area contributed by atoms with E-state index in [1.807, 2.05) is 32.0 Å². The average molecular weight is 274 g/mol. The molecule has 1 unspecified atom stereocenters. The van der Waals surface area contributed by atoms with Gasteiger partial charge in [-0.2, -0.15) is 0 Å². The molecule has 5 nitrogen and oxygen atoms in total. The molecule has 0 spiro atoms. The Morgan fingerprint density at radius 3 is 2.80 bits per heavy atom. The Balaban J connectivity index is 2.03. The number of anilines is 1. The number of aryl methyl sites for hydroxylation is 2. The molecule has 0 aliphatic heterocycles. The smallest absolute Gasteiger partial charge is 0.292 e. The minimum absolute atomic E-state index is 0.120. The summed E-state index contributed by atoms with van der Waals surface area (Å²) in [5.74, 6) is 0.929. The molecule has 2 rings (SSSR count). The summed E-state index contributed by atoms with van der Waals surface area (Å²) < 4.78 is 5.28. The first kappa shape index (κ1) is 14.1. The van der Waals surface area contributed by atoms with Crippen LogP contribution in [0.3, 0.4) is 0 Å². The van der Waals surface area contributed by atoms with E-state index in [-0.39, 0.29) is 16.7 Å². The van der Waals surface area contributed by atoms with Gasteiger partial charge in [0.2, 0.25) is 0 Å². The van der Waals surface area contributed by atoms with Crippen LogP contribution in [0.2, 0.25) is 0 Å². The molecule has 20 heavy (non-hydrogen) atoms. The average Bonchev–Trinajstić information content (AvgIpc) is 2.91. The predicted octanol–water partition coefficient (Wildman–Crippen LogP) is 3.93. The van der Waals surface area contributed by atoms with Gasteiger partial charge >= 0.3 is 0 Å². The molecule has 1 heterocycles. The summed E-state index contributed by atoms with van der Waals surface area (Å²) >= 11 is 0. The van der Waals surface area contributed by atoms with Crippen LogP contribution in [0.5, 0.6) is 0 Å². The van der Waals surface area contributed by atoms with Crippen LogP contribution in [0.15, 0.2) is 41.0 Å². The van der Waals surface area contributed by atoms with Crippen LogP contribution < -0.4 is 5.32 Å². The molecule has 0 amide bonds. The molecule has 2 aromatic rings. The van der Waals surface area contributed by atoms with E-state index in [4.69, 9.17) is 4.42 Å². The fraction of sp³-hybridized carbons (Fsp3) is 0.333. The second-order valence-electron chi connectivity index (χ2n) is 4.89. The summed E-state index contributed by atoms with van der Waals surface area (Å²) in [6.07, 6.45) is 3.31. The van der Waals surface area contributed by atoms with E-state index in [9.17, 15) is 10.1 Å². The SMILES string of the molecule is Cc1cccc([N+](=O)[O-])c1NC(C)CCc1ccco1. The van der Waals surface area contributed by atoms with Crippen molar-refractivity contribution in [2.75, 3.05) is 5.32 Å². The Morgan fingerprint density at radius 2 is 2.15 bits per heavy atom. The van der Waals surface area contributed by atoms with Gasteiger partial charge in [0.05, 0.1) is 11.2 Å². The minimum atomic E-state index is -0.353. The molecule has 1 aromatic heterocycles. The summed E-state index contributed by atoms with van der Waals surface area (Å²) in [6, 6.07) is 9.01. The number of nitrogens with one attached hydrogen (secondary N) is 1. The van der Waals surface area contributed by atoms with Gasteiger partial charge in [0.1, 0.15) is 11.4 Å². The Bertz CT molecular complexity index is 579. The number of para-hydroxylation sites is 1. The zero-order valence-corrected chi connectivity index (χ0v) is 11.6. The minimum Gasteiger partial charge on any atom is -0.469 e. The van der Waals surface area contributed by atoms with Crippen LogP contribution in [0.1, 0.15) is 24.7 Å². The lowest BCUT2D eigenvalue weighted by Crippen LogP contribution is -2.17. The highest BCUT2D eigenvalue weighted by molar-refractivity contribution is 5.66. The first-order chi connectivity index (χ1) is 9.58. The van der Waals surface area contributed by atoms with Crippen LogP contribution >= 0.6 is 0 Å². The Morgan fingerprint density at radius 1 is 1.35 bits per heavy atom. The lowest BCUT2D eigenvalue weighted by Gasteiger charge is -2.16. The lowest BCUT2D eigenvalue weighted by molar-refractivity contribution is -0.384. The fourth-order valence-corrected chi connectivity index (χ4v) is 2.12. The molecule has 1 N–H and O–H groups in total. The normalized spacial score (nSPS) is 12.1. The van der Waals surface area contributed by atoms with E-state index in [1.165, 1.54) is 6.07 Å². The molecule has 0 saturated carbocycles. The van der Waals surface area contributed by atoms with Crippen molar-refractivity contribution < 1.29 is 9.34 Å². The number of rotatable bonds is 6. The van der Waals surface area contributed by atoms with Crippen molar-refractivity contribution in [3.05, 3.63) is 58.0 Å². The summed E-state index contributed by atoms with van der Waals surface area (Å²) in [5, 5.41) is 14.3. The van der Waals surface area contributed by atoms with Crippen LogP contribution in [0.25, 0.3) is 0 Å². The second kappa shape index (κ2) is 6.23. The Kier molecular flexibility index (Phi) is 4.40. The van der Waals surface area contributed by atoms with Gasteiger partial charge in [-0.3, -0.25) is 10.1 Å². The van der Waals surface area contributed by atoms with E-state index in [2.05, 4.69) is 5.32 Å². The predicted molar refractivity (Wildman–Crippen MR) is 77.9 cm³/mol. The molecular weight excluding hydrogens is 256 g/mol. The van der Waals surface area contributed by atoms with E-state index in [1.54, 1.807) is 12.3 Å². The number of hydrogen-bond acceptors (Lipinski definition) is 4. The van der Waals surface area contributed by atoms with Crippen molar-refractivity contribution in [2.24, 2.45) is 0 Å². The highest BCUT2D eigenvalue weighted by Gasteiger charge is 2.17. The molecule has 0 bridgehead atoms. The Hall–Kier alpha value is -2.30. The first-order valence-electron chi connectivity index (χ1n) is 6.61. The van der Waals surface area contributed by atoms with Crippen molar-refractivity contribution in [1.29, 1.82) is 0 Å². The van der Waals surface area contributed by atoms with Crippen LogP contribution in [0.4, 0.5) is 11.4 Å². The zero-order chi connectivity index (χ0) is 14.5. The van der Waals surface area contributed by atoms with Gasteiger partial charge in [-0.15, -0.1) is 0 Å². The highest BCUT2D eigenvalue weighted by atomic mass is 16.6. The van der Waals surface area contributed by atoms with Gasteiger partial charge < -0.3 is 9.73 Å². The quantitative estimate of drug-likeness (QED) is 0.640. The summed E-state index contributed by atoms with van der Waals surface area (Å²) in [6.45, 7) is 3.88. The van der Waals surface area contributed by atoms with Gasteiger partial charge in [0.15, 0.2) is 0 Å². The summed E-state index contributed by atoms with van der Waals surface area (Å²) in [7, 11) is 0. The van der Waals surface area contributed by atoms with Crippen molar-refractivity contribution in [3.8, 4) is 0 Å². The summed E-state index contributed by atoms with van der Waals surface area (Å²) in [4.78, 5) is 10.7. The molecular formula is C15H18N2O3.